The van der Waals surface area contributed by atoms with Crippen molar-refractivity contribution in [3.8, 4) is 0 Å². The molecule has 8 heteroatoms. The Balaban J connectivity index is 3.02. The fraction of sp³-hybridized carbons (Fsp3) is 0.429. The number of hydrogen-bond donors (Lipinski definition) is 1. The van der Waals surface area contributed by atoms with Crippen LogP contribution in [0.25, 0.3) is 0 Å². The van der Waals surface area contributed by atoms with E-state index in [1.54, 1.807) is 14.0 Å². The summed E-state index contributed by atoms with van der Waals surface area (Å²) in [5.41, 5.74) is 0. The van der Waals surface area contributed by atoms with Gasteiger partial charge in [0, 0.05) is 14.0 Å². The molecule has 0 aromatic carbocycles. The lowest BCUT2D eigenvalue weighted by molar-refractivity contribution is -0.388. The predicted octanol–water partition coefficient (Wildman–Crippen LogP) is -1.20. The Morgan fingerprint density at radius 1 is 1.67 bits per heavy atom. The van der Waals surface area contributed by atoms with Crippen LogP contribution in [0.4, 0.5) is 11.6 Å². The Kier molecular flexibility index (Phi) is 2.88. The molecule has 1 rings (SSSR count). The molecule has 1 N–H and O–H groups in total. The number of nitro groups is 1. The van der Waals surface area contributed by atoms with Crippen LogP contribution in [0.2, 0.25) is 0 Å². The molecule has 0 spiro atoms. The molecule has 0 radical (unpaired) electrons. The summed E-state index contributed by atoms with van der Waals surface area (Å²) in [6.45, 7) is 1.08. The molecule has 0 saturated heterocycles. The summed E-state index contributed by atoms with van der Waals surface area (Å²) in [5, 5.41) is 23.1. The Bertz CT molecular complexity index is 411. The average Bonchev–Trinajstić information content (AvgIpc) is 2.41. The number of nitrogens with one attached hydrogen (secondary N) is 1. The van der Waals surface area contributed by atoms with E-state index >= 15 is 0 Å². The zero-order valence-corrected chi connectivity index (χ0v) is 8.18. The van der Waals surface area contributed by atoms with Gasteiger partial charge in [0.15, 0.2) is 0 Å². The Labute approximate surface area is 84.7 Å². The lowest BCUT2D eigenvalue weighted by Gasteiger charge is -2.06. The van der Waals surface area contributed by atoms with Crippen molar-refractivity contribution in [2.75, 3.05) is 11.9 Å². The summed E-state index contributed by atoms with van der Waals surface area (Å²) in [6.07, 6.45) is 0. The van der Waals surface area contributed by atoms with Gasteiger partial charge < -0.3 is 25.3 Å². The summed E-state index contributed by atoms with van der Waals surface area (Å²) < 4.78 is 1.40. The minimum absolute atomic E-state index is 0.0571. The van der Waals surface area contributed by atoms with E-state index in [9.17, 15) is 20.0 Å². The van der Waals surface area contributed by atoms with Crippen LogP contribution in [0.5, 0.6) is 0 Å². The Morgan fingerprint density at radius 3 is 2.73 bits per heavy atom. The molecular formula is C7H9N4O4-. The highest BCUT2D eigenvalue weighted by Gasteiger charge is 2.22. The van der Waals surface area contributed by atoms with Gasteiger partial charge in [-0.15, -0.1) is 0 Å². The van der Waals surface area contributed by atoms with Crippen LogP contribution < -0.4 is 10.4 Å². The maximum Gasteiger partial charge on any atom is 0.406 e. The van der Waals surface area contributed by atoms with Crippen molar-refractivity contribution in [2.24, 2.45) is 7.05 Å². The molecule has 8 nitrogen and oxygen atoms in total. The van der Waals surface area contributed by atoms with Crippen molar-refractivity contribution in [1.82, 2.24) is 9.55 Å². The maximum atomic E-state index is 10.6. The number of carbonyl (C=O) groups excluding carboxylic acids is 1. The van der Waals surface area contributed by atoms with Gasteiger partial charge in [0.1, 0.15) is 0 Å². The molecule has 0 saturated carbocycles. The quantitative estimate of drug-likeness (QED) is 0.496. The first-order valence-electron chi connectivity index (χ1n) is 4.05. The fourth-order valence-electron chi connectivity index (χ4n) is 1.07. The van der Waals surface area contributed by atoms with E-state index in [4.69, 9.17) is 0 Å². The maximum absolute atomic E-state index is 10.6. The Hall–Kier alpha value is -2.12. The summed E-state index contributed by atoms with van der Waals surface area (Å²) in [5.74, 6) is -1.26. The molecule has 0 atom stereocenters. The van der Waals surface area contributed by atoms with Gasteiger partial charge in [-0.05, 0) is 9.91 Å². The number of rotatable bonds is 4. The van der Waals surface area contributed by atoms with E-state index in [1.807, 2.05) is 0 Å². The molecule has 0 bridgehead atoms. The van der Waals surface area contributed by atoms with E-state index in [0.717, 1.165) is 0 Å². The monoisotopic (exact) mass is 213 g/mol. The predicted molar refractivity (Wildman–Crippen MR) is 48.1 cm³/mol. The van der Waals surface area contributed by atoms with Gasteiger partial charge in [-0.3, -0.25) is 4.57 Å². The minimum atomic E-state index is -1.34. The highest BCUT2D eigenvalue weighted by molar-refractivity contribution is 5.71. The van der Waals surface area contributed by atoms with Crippen molar-refractivity contribution in [3.05, 3.63) is 15.9 Å². The van der Waals surface area contributed by atoms with Crippen LogP contribution in [0.1, 0.15) is 5.82 Å². The van der Waals surface area contributed by atoms with Gasteiger partial charge in [-0.1, -0.05) is 0 Å². The van der Waals surface area contributed by atoms with E-state index < -0.39 is 23.3 Å². The van der Waals surface area contributed by atoms with E-state index in [2.05, 4.69) is 10.3 Å². The van der Waals surface area contributed by atoms with Gasteiger partial charge in [-0.25, -0.2) is 0 Å². The minimum Gasteiger partial charge on any atom is -0.548 e. The molecular weight excluding hydrogens is 204 g/mol. The summed E-state index contributed by atoms with van der Waals surface area (Å²) >= 11 is 0. The SMILES string of the molecule is Cc1nc([N+](=O)[O-])c(NCC(=O)[O-])n1C. The van der Waals surface area contributed by atoms with Crippen LogP contribution in [-0.2, 0) is 11.8 Å². The molecule has 0 aliphatic carbocycles. The number of carboxylic acid groups (broad SMARTS) is 1. The van der Waals surface area contributed by atoms with Crippen molar-refractivity contribution in [3.63, 3.8) is 0 Å². The molecule has 1 aromatic heterocycles. The molecule has 0 aliphatic heterocycles. The Morgan fingerprint density at radius 2 is 2.27 bits per heavy atom. The number of hydrogen-bond acceptors (Lipinski definition) is 6. The molecule has 0 aliphatic rings. The normalized spacial score (nSPS) is 10.0. The highest BCUT2D eigenvalue weighted by Crippen LogP contribution is 2.23. The molecule has 0 fully saturated rings. The van der Waals surface area contributed by atoms with Gasteiger partial charge in [0.25, 0.3) is 0 Å². The van der Waals surface area contributed by atoms with Crippen LogP contribution in [0.3, 0.4) is 0 Å². The number of imidazole rings is 1. The first-order valence-corrected chi connectivity index (χ1v) is 4.05. The number of aliphatic carboxylic acids is 1. The summed E-state index contributed by atoms with van der Waals surface area (Å²) in [6, 6.07) is 0. The molecule has 82 valence electrons. The van der Waals surface area contributed by atoms with Crippen LogP contribution in [0.15, 0.2) is 0 Å². The third kappa shape index (κ3) is 2.22. The van der Waals surface area contributed by atoms with E-state index in [-0.39, 0.29) is 5.82 Å². The van der Waals surface area contributed by atoms with Crippen LogP contribution in [-0.4, -0.2) is 27.0 Å². The van der Waals surface area contributed by atoms with Crippen molar-refractivity contribution in [2.45, 2.75) is 6.92 Å². The molecule has 15 heavy (non-hydrogen) atoms. The molecule has 1 heterocycles. The zero-order chi connectivity index (χ0) is 11.6. The number of carboxylic acids is 1. The number of carbonyl (C=O) groups is 1. The topological polar surface area (TPSA) is 113 Å². The van der Waals surface area contributed by atoms with Crippen LogP contribution in [0, 0.1) is 17.0 Å². The fourth-order valence-corrected chi connectivity index (χ4v) is 1.07. The van der Waals surface area contributed by atoms with Crippen molar-refractivity contribution >= 4 is 17.6 Å². The number of anilines is 1. The summed E-state index contributed by atoms with van der Waals surface area (Å²) in [7, 11) is 1.55. The van der Waals surface area contributed by atoms with Gasteiger partial charge in [0.05, 0.1) is 12.5 Å². The van der Waals surface area contributed by atoms with Gasteiger partial charge in [0.2, 0.25) is 11.6 Å². The smallest absolute Gasteiger partial charge is 0.406 e. The van der Waals surface area contributed by atoms with Gasteiger partial charge in [-0.2, -0.15) is 0 Å². The van der Waals surface area contributed by atoms with Crippen molar-refractivity contribution < 1.29 is 14.8 Å². The van der Waals surface area contributed by atoms with Gasteiger partial charge >= 0.3 is 5.82 Å². The first kappa shape index (κ1) is 11.0. The van der Waals surface area contributed by atoms with Crippen molar-refractivity contribution in [1.29, 1.82) is 0 Å². The van der Waals surface area contributed by atoms with E-state index in [1.165, 1.54) is 4.57 Å². The molecule has 1 aromatic rings. The first-order chi connectivity index (χ1) is 6.93. The standard InChI is InChI=1S/C7H10N4O4/c1-4-9-7(11(14)15)6(10(4)2)8-3-5(12)13/h8H,3H2,1-2H3,(H,12,13)/p-1. The van der Waals surface area contributed by atoms with Crippen LogP contribution >= 0.6 is 0 Å². The number of nitrogens with zero attached hydrogens (tertiary/aromatic N) is 3. The average molecular weight is 213 g/mol. The lowest BCUT2D eigenvalue weighted by Crippen LogP contribution is -2.30. The second-order valence-corrected chi connectivity index (χ2v) is 2.87. The summed E-state index contributed by atoms with van der Waals surface area (Å²) in [4.78, 5) is 23.8. The zero-order valence-electron chi connectivity index (χ0n) is 8.18. The largest absolute Gasteiger partial charge is 0.548 e. The third-order valence-corrected chi connectivity index (χ3v) is 1.87. The number of aromatic nitrogens is 2. The second-order valence-electron chi connectivity index (χ2n) is 2.87. The molecule has 0 unspecified atom stereocenters. The van der Waals surface area contributed by atoms with E-state index in [0.29, 0.717) is 5.82 Å². The highest BCUT2D eigenvalue weighted by atomic mass is 16.6. The molecule has 0 amide bonds. The lowest BCUT2D eigenvalue weighted by atomic mass is 10.5. The number of aryl methyl sites for hydroxylation is 1. The second kappa shape index (κ2) is 3.95. The third-order valence-electron chi connectivity index (χ3n) is 1.87.